The highest BCUT2D eigenvalue weighted by atomic mass is 35.5. The number of nitrogens with one attached hydrogen (secondary N) is 1. The third kappa shape index (κ3) is 3.43. The third-order valence-corrected chi connectivity index (χ3v) is 5.06. The Morgan fingerprint density at radius 3 is 3.14 bits per heavy atom. The highest BCUT2D eigenvalue weighted by Crippen LogP contribution is 2.24. The molecule has 2 heterocycles. The van der Waals surface area contributed by atoms with Crippen LogP contribution >= 0.6 is 22.9 Å². The van der Waals surface area contributed by atoms with E-state index in [1.54, 1.807) is 6.07 Å². The predicted molar refractivity (Wildman–Crippen MR) is 88.8 cm³/mol. The van der Waals surface area contributed by atoms with E-state index in [0.717, 1.165) is 26.1 Å². The molecule has 2 N–H and O–H groups in total. The van der Waals surface area contributed by atoms with Gasteiger partial charge in [-0.2, -0.15) is 0 Å². The third-order valence-electron chi connectivity index (χ3n) is 3.80. The molecule has 22 heavy (non-hydrogen) atoms. The van der Waals surface area contributed by atoms with Crippen LogP contribution in [0.1, 0.15) is 20.8 Å². The Morgan fingerprint density at radius 2 is 2.27 bits per heavy atom. The first kappa shape index (κ1) is 15.3. The van der Waals surface area contributed by atoms with Gasteiger partial charge in [-0.3, -0.25) is 9.69 Å². The van der Waals surface area contributed by atoms with Crippen LogP contribution in [0.2, 0.25) is 5.02 Å². The summed E-state index contributed by atoms with van der Waals surface area (Å²) < 4.78 is 0. The van der Waals surface area contributed by atoms with Crippen LogP contribution in [0.4, 0.5) is 0 Å². The fourth-order valence-corrected chi connectivity index (χ4v) is 3.67. The van der Waals surface area contributed by atoms with Crippen molar-refractivity contribution in [3.8, 4) is 5.75 Å². The largest absolute Gasteiger partial charge is 0.507 e. The SMILES string of the molecule is O=C(NCCN1CCc2sccc2C1)c1cc(Cl)ccc1O. The molecule has 0 unspecified atom stereocenters. The lowest BCUT2D eigenvalue weighted by molar-refractivity contribution is 0.0944. The average molecular weight is 337 g/mol. The van der Waals surface area contributed by atoms with Crippen LogP contribution in [0.5, 0.6) is 5.75 Å². The second-order valence-corrected chi connectivity index (χ2v) is 6.75. The van der Waals surface area contributed by atoms with E-state index in [0.29, 0.717) is 11.6 Å². The second-order valence-electron chi connectivity index (χ2n) is 5.31. The summed E-state index contributed by atoms with van der Waals surface area (Å²) in [7, 11) is 0. The van der Waals surface area contributed by atoms with Crippen LogP contribution in [0, 0.1) is 0 Å². The molecule has 1 aromatic heterocycles. The molecule has 3 rings (SSSR count). The van der Waals surface area contributed by atoms with Crippen molar-refractivity contribution in [3.05, 3.63) is 50.7 Å². The first-order chi connectivity index (χ1) is 10.6. The fourth-order valence-electron chi connectivity index (χ4n) is 2.61. The van der Waals surface area contributed by atoms with Crippen molar-refractivity contribution in [2.75, 3.05) is 19.6 Å². The quantitative estimate of drug-likeness (QED) is 0.902. The van der Waals surface area contributed by atoms with Gasteiger partial charge in [0.25, 0.3) is 5.91 Å². The smallest absolute Gasteiger partial charge is 0.255 e. The monoisotopic (exact) mass is 336 g/mol. The number of carbonyl (C=O) groups is 1. The number of amides is 1. The molecule has 1 amide bonds. The van der Waals surface area contributed by atoms with Gasteiger partial charge in [0.2, 0.25) is 0 Å². The van der Waals surface area contributed by atoms with E-state index in [1.807, 2.05) is 11.3 Å². The Hall–Kier alpha value is -1.56. The second kappa shape index (κ2) is 6.69. The summed E-state index contributed by atoms with van der Waals surface area (Å²) in [5.41, 5.74) is 1.61. The number of phenols is 1. The maximum absolute atomic E-state index is 12.1. The lowest BCUT2D eigenvalue weighted by Gasteiger charge is -2.26. The van der Waals surface area contributed by atoms with E-state index in [4.69, 9.17) is 11.6 Å². The fraction of sp³-hybridized carbons (Fsp3) is 0.312. The minimum atomic E-state index is -0.298. The Kier molecular flexibility index (Phi) is 4.66. The molecule has 1 aromatic carbocycles. The van der Waals surface area contributed by atoms with Crippen molar-refractivity contribution >= 4 is 28.8 Å². The molecule has 6 heteroatoms. The molecule has 1 aliphatic rings. The summed E-state index contributed by atoms with van der Waals surface area (Å²) >= 11 is 7.68. The van der Waals surface area contributed by atoms with Gasteiger partial charge in [-0.05, 0) is 41.6 Å². The normalized spacial score (nSPS) is 14.6. The molecule has 0 aliphatic carbocycles. The predicted octanol–water partition coefficient (Wildman–Crippen LogP) is 2.90. The van der Waals surface area contributed by atoms with Crippen LogP contribution in [-0.4, -0.2) is 35.5 Å². The summed E-state index contributed by atoms with van der Waals surface area (Å²) in [5, 5.41) is 15.1. The van der Waals surface area contributed by atoms with Gasteiger partial charge in [0.15, 0.2) is 0 Å². The number of rotatable bonds is 4. The maximum atomic E-state index is 12.1. The van der Waals surface area contributed by atoms with Crippen LogP contribution in [0.25, 0.3) is 0 Å². The van der Waals surface area contributed by atoms with Gasteiger partial charge in [-0.1, -0.05) is 11.6 Å². The number of halogens is 1. The van der Waals surface area contributed by atoms with Crippen molar-refractivity contribution in [1.29, 1.82) is 0 Å². The number of thiophene rings is 1. The van der Waals surface area contributed by atoms with Gasteiger partial charge < -0.3 is 10.4 Å². The standard InChI is InChI=1S/C16H17ClN2O2S/c17-12-1-2-14(20)13(9-12)16(21)18-5-7-19-6-3-15-11(10-19)4-8-22-15/h1-2,4,8-9,20H,3,5-7,10H2,(H,18,21). The topological polar surface area (TPSA) is 52.6 Å². The molecule has 4 nitrogen and oxygen atoms in total. The van der Waals surface area contributed by atoms with Crippen LogP contribution in [0.3, 0.4) is 0 Å². The van der Waals surface area contributed by atoms with Gasteiger partial charge in [-0.25, -0.2) is 0 Å². The lowest BCUT2D eigenvalue weighted by atomic mass is 10.1. The molecule has 0 spiro atoms. The first-order valence-electron chi connectivity index (χ1n) is 7.18. The Balaban J connectivity index is 1.51. The summed E-state index contributed by atoms with van der Waals surface area (Å²) in [6.45, 7) is 3.30. The molecular formula is C16H17ClN2O2S. The van der Waals surface area contributed by atoms with E-state index in [1.165, 1.54) is 22.6 Å². The number of aromatic hydroxyl groups is 1. The van der Waals surface area contributed by atoms with Crippen molar-refractivity contribution < 1.29 is 9.90 Å². The number of nitrogens with zero attached hydrogens (tertiary/aromatic N) is 1. The highest BCUT2D eigenvalue weighted by molar-refractivity contribution is 7.10. The molecule has 116 valence electrons. The van der Waals surface area contributed by atoms with Crippen LogP contribution in [-0.2, 0) is 13.0 Å². The number of hydrogen-bond acceptors (Lipinski definition) is 4. The van der Waals surface area contributed by atoms with Gasteiger partial charge in [-0.15, -0.1) is 11.3 Å². The van der Waals surface area contributed by atoms with Gasteiger partial charge in [0, 0.05) is 36.1 Å². The van der Waals surface area contributed by atoms with E-state index in [-0.39, 0.29) is 17.2 Å². The molecule has 0 saturated carbocycles. The number of benzene rings is 1. The van der Waals surface area contributed by atoms with Crippen molar-refractivity contribution in [3.63, 3.8) is 0 Å². The summed E-state index contributed by atoms with van der Waals surface area (Å²) in [4.78, 5) is 15.9. The first-order valence-corrected chi connectivity index (χ1v) is 8.43. The Bertz CT molecular complexity index is 687. The zero-order chi connectivity index (χ0) is 15.5. The molecule has 1 aliphatic heterocycles. The van der Waals surface area contributed by atoms with Gasteiger partial charge >= 0.3 is 0 Å². The van der Waals surface area contributed by atoms with Crippen molar-refractivity contribution in [1.82, 2.24) is 10.2 Å². The van der Waals surface area contributed by atoms with Gasteiger partial charge in [0.05, 0.1) is 5.56 Å². The van der Waals surface area contributed by atoms with E-state index in [2.05, 4.69) is 21.7 Å². The molecule has 0 radical (unpaired) electrons. The van der Waals surface area contributed by atoms with Crippen LogP contribution < -0.4 is 5.32 Å². The summed E-state index contributed by atoms with van der Waals surface area (Å²) in [6.07, 6.45) is 1.08. The van der Waals surface area contributed by atoms with E-state index in [9.17, 15) is 9.90 Å². The summed E-state index contributed by atoms with van der Waals surface area (Å²) in [6, 6.07) is 6.64. The van der Waals surface area contributed by atoms with E-state index >= 15 is 0 Å². The molecule has 2 aromatic rings. The molecule has 0 fully saturated rings. The number of phenolic OH excluding ortho intramolecular Hbond substituents is 1. The van der Waals surface area contributed by atoms with Crippen LogP contribution in [0.15, 0.2) is 29.6 Å². The number of carbonyl (C=O) groups excluding carboxylic acids is 1. The number of fused-ring (bicyclic) bond motifs is 1. The van der Waals surface area contributed by atoms with Crippen molar-refractivity contribution in [2.45, 2.75) is 13.0 Å². The van der Waals surface area contributed by atoms with Crippen molar-refractivity contribution in [2.24, 2.45) is 0 Å². The summed E-state index contributed by atoms with van der Waals surface area (Å²) in [5.74, 6) is -0.351. The van der Waals surface area contributed by atoms with Gasteiger partial charge in [0.1, 0.15) is 5.75 Å². The highest BCUT2D eigenvalue weighted by Gasteiger charge is 2.17. The molecule has 0 atom stereocenters. The lowest BCUT2D eigenvalue weighted by Crippen LogP contribution is -2.37. The molecule has 0 bridgehead atoms. The van der Waals surface area contributed by atoms with E-state index < -0.39 is 0 Å². The number of hydrogen-bond donors (Lipinski definition) is 2. The average Bonchev–Trinajstić information content (AvgIpc) is 2.97. The minimum Gasteiger partial charge on any atom is -0.507 e. The zero-order valence-corrected chi connectivity index (χ0v) is 13.6. The maximum Gasteiger partial charge on any atom is 0.255 e. The Morgan fingerprint density at radius 1 is 1.41 bits per heavy atom. The Labute approximate surface area is 138 Å². The zero-order valence-electron chi connectivity index (χ0n) is 12.0. The molecule has 0 saturated heterocycles. The minimum absolute atomic E-state index is 0.0530. The molecular weight excluding hydrogens is 320 g/mol.